The highest BCUT2D eigenvalue weighted by Crippen LogP contribution is 2.12. The molecule has 0 aliphatic rings. The molecule has 0 bridgehead atoms. The lowest BCUT2D eigenvalue weighted by Gasteiger charge is -2.14. The molecule has 2 aromatic rings. The number of hydrogen-bond donors (Lipinski definition) is 2. The molecule has 2 heterocycles. The summed E-state index contributed by atoms with van der Waals surface area (Å²) in [7, 11) is 1.79. The van der Waals surface area contributed by atoms with E-state index in [0.717, 1.165) is 16.6 Å². The van der Waals surface area contributed by atoms with Crippen molar-refractivity contribution in [3.63, 3.8) is 0 Å². The summed E-state index contributed by atoms with van der Waals surface area (Å²) in [5.74, 6) is 0.389. The van der Waals surface area contributed by atoms with Gasteiger partial charge in [-0.25, -0.2) is 4.98 Å². The molecule has 2 rings (SSSR count). The predicted molar refractivity (Wildman–Crippen MR) is 60.9 cm³/mol. The molecule has 0 aliphatic heterocycles. The number of aromatic nitrogens is 2. The lowest BCUT2D eigenvalue weighted by Crippen LogP contribution is -2.20. The van der Waals surface area contributed by atoms with Crippen molar-refractivity contribution in [2.45, 2.75) is 0 Å². The first-order valence-electron chi connectivity index (χ1n) is 4.60. The van der Waals surface area contributed by atoms with Gasteiger partial charge in [-0.3, -0.25) is 5.41 Å². The topological polar surface area (TPSA) is 55.8 Å². The zero-order valence-corrected chi connectivity index (χ0v) is 8.49. The van der Waals surface area contributed by atoms with Crippen molar-refractivity contribution in [3.05, 3.63) is 42.9 Å². The molecular formula is C11H12N4. The first kappa shape index (κ1) is 9.45. The predicted octanol–water partition coefficient (Wildman–Crippen LogP) is 1.96. The largest absolute Gasteiger partial charge is 0.346 e. The molecule has 0 saturated heterocycles. The highest BCUT2D eigenvalue weighted by atomic mass is 15.1. The Morgan fingerprint density at radius 1 is 1.67 bits per heavy atom. The maximum absolute atomic E-state index is 7.87. The highest BCUT2D eigenvalue weighted by molar-refractivity contribution is 5.99. The number of rotatable bonds is 2. The van der Waals surface area contributed by atoms with Crippen LogP contribution in [-0.2, 0) is 0 Å². The Morgan fingerprint density at radius 2 is 2.47 bits per heavy atom. The second-order valence-corrected chi connectivity index (χ2v) is 3.28. The number of aromatic amines is 1. The second kappa shape index (κ2) is 3.57. The van der Waals surface area contributed by atoms with Crippen molar-refractivity contribution in [1.82, 2.24) is 14.9 Å². The van der Waals surface area contributed by atoms with Crippen LogP contribution in [0, 0.1) is 5.41 Å². The van der Waals surface area contributed by atoms with E-state index in [2.05, 4.69) is 16.5 Å². The molecule has 2 aromatic heterocycles. The van der Waals surface area contributed by atoms with Gasteiger partial charge >= 0.3 is 0 Å². The number of H-pyrrole nitrogens is 1. The van der Waals surface area contributed by atoms with Crippen LogP contribution in [0.3, 0.4) is 0 Å². The summed E-state index contributed by atoms with van der Waals surface area (Å²) in [4.78, 5) is 8.88. The Kier molecular flexibility index (Phi) is 2.25. The molecule has 0 atom stereocenters. The van der Waals surface area contributed by atoms with Crippen LogP contribution >= 0.6 is 0 Å². The first-order chi connectivity index (χ1) is 7.22. The molecule has 2 N–H and O–H groups in total. The maximum atomic E-state index is 7.87. The van der Waals surface area contributed by atoms with Crippen molar-refractivity contribution in [2.75, 3.05) is 7.05 Å². The Hall–Kier alpha value is -2.10. The van der Waals surface area contributed by atoms with Crippen molar-refractivity contribution in [1.29, 1.82) is 5.41 Å². The van der Waals surface area contributed by atoms with Crippen molar-refractivity contribution in [3.8, 4) is 0 Å². The van der Waals surface area contributed by atoms with E-state index in [9.17, 15) is 0 Å². The monoisotopic (exact) mass is 200 g/mol. The molecule has 0 unspecified atom stereocenters. The van der Waals surface area contributed by atoms with E-state index in [1.54, 1.807) is 24.3 Å². The van der Waals surface area contributed by atoms with Crippen LogP contribution < -0.4 is 0 Å². The molecule has 0 fully saturated rings. The number of fused-ring (bicyclic) bond motifs is 1. The van der Waals surface area contributed by atoms with E-state index < -0.39 is 0 Å². The van der Waals surface area contributed by atoms with Gasteiger partial charge in [0.15, 0.2) is 0 Å². The first-order valence-corrected chi connectivity index (χ1v) is 4.60. The third-order valence-electron chi connectivity index (χ3n) is 2.30. The van der Waals surface area contributed by atoms with Gasteiger partial charge in [0.25, 0.3) is 0 Å². The van der Waals surface area contributed by atoms with Gasteiger partial charge in [0.1, 0.15) is 11.5 Å². The van der Waals surface area contributed by atoms with Gasteiger partial charge in [0.2, 0.25) is 0 Å². The van der Waals surface area contributed by atoms with E-state index >= 15 is 0 Å². The number of pyridine rings is 1. The number of nitrogens with zero attached hydrogens (tertiary/aromatic N) is 2. The summed E-state index contributed by atoms with van der Waals surface area (Å²) in [5.41, 5.74) is 1.62. The smallest absolute Gasteiger partial charge is 0.137 e. The fraction of sp³-hybridized carbons (Fsp3) is 0.0909. The Balaban J connectivity index is 2.43. The van der Waals surface area contributed by atoms with Gasteiger partial charge in [0.05, 0.1) is 0 Å². The van der Waals surface area contributed by atoms with E-state index in [0.29, 0.717) is 5.84 Å². The Morgan fingerprint density at radius 3 is 3.20 bits per heavy atom. The zero-order valence-electron chi connectivity index (χ0n) is 8.49. The van der Waals surface area contributed by atoms with E-state index in [1.807, 2.05) is 18.3 Å². The standard InChI is InChI=1S/C11H12N4/c1-3-15(2)10(12)9-6-8-4-5-13-11(8)14-7-9/h3-7,12H,1H2,2H3,(H,13,14). The average Bonchev–Trinajstić information content (AvgIpc) is 2.73. The van der Waals surface area contributed by atoms with Crippen LogP contribution in [0.1, 0.15) is 5.56 Å². The molecule has 0 saturated carbocycles. The van der Waals surface area contributed by atoms with E-state index in [-0.39, 0.29) is 0 Å². The van der Waals surface area contributed by atoms with Gasteiger partial charge < -0.3 is 9.88 Å². The fourth-order valence-electron chi connectivity index (χ4n) is 1.36. The maximum Gasteiger partial charge on any atom is 0.137 e. The van der Waals surface area contributed by atoms with Gasteiger partial charge in [-0.05, 0) is 18.3 Å². The third-order valence-corrected chi connectivity index (χ3v) is 2.30. The number of hydrogen-bond acceptors (Lipinski definition) is 2. The van der Waals surface area contributed by atoms with Crippen molar-refractivity contribution < 1.29 is 0 Å². The van der Waals surface area contributed by atoms with Crippen molar-refractivity contribution in [2.24, 2.45) is 0 Å². The fourth-order valence-corrected chi connectivity index (χ4v) is 1.36. The third kappa shape index (κ3) is 1.61. The van der Waals surface area contributed by atoms with Crippen LogP contribution in [0.5, 0.6) is 0 Å². The van der Waals surface area contributed by atoms with Gasteiger partial charge in [-0.15, -0.1) is 0 Å². The van der Waals surface area contributed by atoms with Gasteiger partial charge in [-0.1, -0.05) is 6.58 Å². The lowest BCUT2D eigenvalue weighted by atomic mass is 10.2. The minimum Gasteiger partial charge on any atom is -0.346 e. The van der Waals surface area contributed by atoms with Crippen LogP contribution in [0.4, 0.5) is 0 Å². The molecule has 15 heavy (non-hydrogen) atoms. The average molecular weight is 200 g/mol. The zero-order chi connectivity index (χ0) is 10.8. The van der Waals surface area contributed by atoms with Gasteiger partial charge in [0, 0.05) is 30.4 Å². The molecule has 0 radical (unpaired) electrons. The molecule has 0 aliphatic carbocycles. The van der Waals surface area contributed by atoms with Crippen LogP contribution in [0.2, 0.25) is 0 Å². The number of amidine groups is 1. The SMILES string of the molecule is C=CN(C)C(=N)c1cnc2[nH]ccc2c1. The highest BCUT2D eigenvalue weighted by Gasteiger charge is 2.06. The van der Waals surface area contributed by atoms with Gasteiger partial charge in [-0.2, -0.15) is 0 Å². The summed E-state index contributed by atoms with van der Waals surface area (Å²) >= 11 is 0. The molecular weight excluding hydrogens is 188 g/mol. The van der Waals surface area contributed by atoms with Crippen molar-refractivity contribution >= 4 is 16.9 Å². The summed E-state index contributed by atoms with van der Waals surface area (Å²) in [5, 5.41) is 8.88. The van der Waals surface area contributed by atoms with E-state index in [1.165, 1.54) is 0 Å². The molecule has 76 valence electrons. The molecule has 0 amide bonds. The number of nitrogens with one attached hydrogen (secondary N) is 2. The summed E-state index contributed by atoms with van der Waals surface area (Å²) in [6.07, 6.45) is 5.12. The molecule has 0 aromatic carbocycles. The lowest BCUT2D eigenvalue weighted by molar-refractivity contribution is 0.686. The second-order valence-electron chi connectivity index (χ2n) is 3.28. The quantitative estimate of drug-likeness (QED) is 0.575. The normalized spacial score (nSPS) is 10.2. The Bertz CT molecular complexity index is 512. The minimum atomic E-state index is 0.389. The molecule has 4 nitrogen and oxygen atoms in total. The van der Waals surface area contributed by atoms with E-state index in [4.69, 9.17) is 5.41 Å². The van der Waals surface area contributed by atoms with Crippen LogP contribution in [-0.4, -0.2) is 27.8 Å². The van der Waals surface area contributed by atoms with Crippen LogP contribution in [0.25, 0.3) is 11.0 Å². The van der Waals surface area contributed by atoms with Crippen LogP contribution in [0.15, 0.2) is 37.3 Å². The summed E-state index contributed by atoms with van der Waals surface area (Å²) < 4.78 is 0. The summed E-state index contributed by atoms with van der Waals surface area (Å²) in [6.45, 7) is 3.62. The Labute approximate surface area is 87.8 Å². The molecule has 4 heteroatoms. The summed E-state index contributed by atoms with van der Waals surface area (Å²) in [6, 6.07) is 3.87. The molecule has 0 spiro atoms. The minimum absolute atomic E-state index is 0.389.